The zero-order valence-electron chi connectivity index (χ0n) is 12.1. The molecule has 2 aliphatic rings. The highest BCUT2D eigenvalue weighted by atomic mass is 15.2. The average molecular weight is 238 g/mol. The van der Waals surface area contributed by atoms with Crippen molar-refractivity contribution in [2.45, 2.75) is 65.0 Å². The normalized spacial score (nSPS) is 32.3. The first-order chi connectivity index (χ1) is 8.08. The first kappa shape index (κ1) is 13.4. The van der Waals surface area contributed by atoms with Crippen LogP contribution in [0.2, 0.25) is 0 Å². The van der Waals surface area contributed by atoms with E-state index < -0.39 is 0 Å². The summed E-state index contributed by atoms with van der Waals surface area (Å²) in [4.78, 5) is 2.76. The van der Waals surface area contributed by atoms with Gasteiger partial charge in [0.1, 0.15) is 0 Å². The molecule has 2 saturated carbocycles. The molecule has 17 heavy (non-hydrogen) atoms. The van der Waals surface area contributed by atoms with E-state index in [4.69, 9.17) is 0 Å². The lowest BCUT2D eigenvalue weighted by Crippen LogP contribution is -2.44. The number of nitrogens with zero attached hydrogens (tertiary/aromatic N) is 1. The van der Waals surface area contributed by atoms with Gasteiger partial charge in [0.2, 0.25) is 0 Å². The van der Waals surface area contributed by atoms with Gasteiger partial charge in [-0.25, -0.2) is 0 Å². The summed E-state index contributed by atoms with van der Waals surface area (Å²) >= 11 is 0. The molecule has 2 atom stereocenters. The van der Waals surface area contributed by atoms with Crippen LogP contribution < -0.4 is 5.32 Å². The molecular formula is C15H30N2. The molecule has 2 nitrogen and oxygen atoms in total. The SMILES string of the molecule is CCCN(CC1CCC(C)(C)C1NC)C1CC1. The lowest BCUT2D eigenvalue weighted by molar-refractivity contribution is 0.182. The second kappa shape index (κ2) is 5.27. The lowest BCUT2D eigenvalue weighted by atomic mass is 9.85. The summed E-state index contributed by atoms with van der Waals surface area (Å²) in [6.07, 6.45) is 6.98. The molecule has 2 rings (SSSR count). The largest absolute Gasteiger partial charge is 0.316 e. The van der Waals surface area contributed by atoms with Crippen LogP contribution in [0, 0.1) is 11.3 Å². The van der Waals surface area contributed by atoms with E-state index in [1.54, 1.807) is 0 Å². The van der Waals surface area contributed by atoms with Crippen molar-refractivity contribution < 1.29 is 0 Å². The molecule has 0 heterocycles. The second-order valence-electron chi connectivity index (χ2n) is 6.78. The first-order valence-corrected chi connectivity index (χ1v) is 7.49. The number of nitrogens with one attached hydrogen (secondary N) is 1. The van der Waals surface area contributed by atoms with E-state index in [1.165, 1.54) is 45.2 Å². The van der Waals surface area contributed by atoms with Gasteiger partial charge in [0, 0.05) is 18.6 Å². The predicted octanol–water partition coefficient (Wildman–Crippen LogP) is 2.89. The van der Waals surface area contributed by atoms with Crippen molar-refractivity contribution in [3.05, 3.63) is 0 Å². The van der Waals surface area contributed by atoms with Gasteiger partial charge in [0.05, 0.1) is 0 Å². The van der Waals surface area contributed by atoms with Crippen LogP contribution in [-0.2, 0) is 0 Å². The number of hydrogen-bond donors (Lipinski definition) is 1. The minimum Gasteiger partial charge on any atom is -0.316 e. The molecule has 0 bridgehead atoms. The highest BCUT2D eigenvalue weighted by Crippen LogP contribution is 2.42. The molecule has 0 aliphatic heterocycles. The van der Waals surface area contributed by atoms with Gasteiger partial charge in [0.15, 0.2) is 0 Å². The maximum atomic E-state index is 3.58. The van der Waals surface area contributed by atoms with Gasteiger partial charge in [-0.05, 0) is 57.0 Å². The van der Waals surface area contributed by atoms with Crippen LogP contribution in [0.3, 0.4) is 0 Å². The first-order valence-electron chi connectivity index (χ1n) is 7.49. The Labute approximate surface area is 107 Å². The number of hydrogen-bond acceptors (Lipinski definition) is 2. The molecule has 1 N–H and O–H groups in total. The summed E-state index contributed by atoms with van der Waals surface area (Å²) in [7, 11) is 2.14. The fourth-order valence-corrected chi connectivity index (χ4v) is 3.79. The Morgan fingerprint density at radius 2 is 1.94 bits per heavy atom. The summed E-state index contributed by atoms with van der Waals surface area (Å²) in [5.41, 5.74) is 0.487. The molecule has 0 spiro atoms. The highest BCUT2D eigenvalue weighted by molar-refractivity contribution is 4.98. The van der Waals surface area contributed by atoms with E-state index in [0.717, 1.165) is 12.0 Å². The van der Waals surface area contributed by atoms with E-state index in [0.29, 0.717) is 11.5 Å². The van der Waals surface area contributed by atoms with Crippen LogP contribution in [0.15, 0.2) is 0 Å². The zero-order chi connectivity index (χ0) is 12.5. The molecular weight excluding hydrogens is 208 g/mol. The van der Waals surface area contributed by atoms with Gasteiger partial charge in [-0.2, -0.15) is 0 Å². The molecule has 2 unspecified atom stereocenters. The van der Waals surface area contributed by atoms with Gasteiger partial charge in [-0.1, -0.05) is 20.8 Å². The average Bonchev–Trinajstić information content (AvgIpc) is 3.05. The molecule has 2 fully saturated rings. The summed E-state index contributed by atoms with van der Waals surface area (Å²) in [6.45, 7) is 9.79. The topological polar surface area (TPSA) is 15.3 Å². The standard InChI is InChI=1S/C15H30N2/c1-5-10-17(13-6-7-13)11-12-8-9-15(2,3)14(12)16-4/h12-14,16H,5-11H2,1-4H3. The maximum Gasteiger partial charge on any atom is 0.0156 e. The van der Waals surface area contributed by atoms with Crippen LogP contribution in [0.1, 0.15) is 52.9 Å². The van der Waals surface area contributed by atoms with Crippen LogP contribution in [0.5, 0.6) is 0 Å². The Morgan fingerprint density at radius 3 is 2.47 bits per heavy atom. The Morgan fingerprint density at radius 1 is 1.24 bits per heavy atom. The van der Waals surface area contributed by atoms with Crippen molar-refractivity contribution in [3.8, 4) is 0 Å². The molecule has 0 aromatic rings. The molecule has 0 aromatic carbocycles. The van der Waals surface area contributed by atoms with Crippen molar-refractivity contribution in [3.63, 3.8) is 0 Å². The van der Waals surface area contributed by atoms with Gasteiger partial charge in [-0.3, -0.25) is 0 Å². The fourth-order valence-electron chi connectivity index (χ4n) is 3.79. The minimum atomic E-state index is 0.487. The van der Waals surface area contributed by atoms with Crippen LogP contribution in [-0.4, -0.2) is 37.1 Å². The molecule has 0 saturated heterocycles. The van der Waals surface area contributed by atoms with Crippen molar-refractivity contribution in [1.29, 1.82) is 0 Å². The summed E-state index contributed by atoms with van der Waals surface area (Å²) in [6, 6.07) is 1.64. The Hall–Kier alpha value is -0.0800. The molecule has 0 amide bonds. The van der Waals surface area contributed by atoms with Crippen molar-refractivity contribution >= 4 is 0 Å². The van der Waals surface area contributed by atoms with Crippen LogP contribution in [0.25, 0.3) is 0 Å². The fraction of sp³-hybridized carbons (Fsp3) is 1.00. The van der Waals surface area contributed by atoms with Crippen molar-refractivity contribution in [2.75, 3.05) is 20.1 Å². The van der Waals surface area contributed by atoms with Crippen LogP contribution >= 0.6 is 0 Å². The quantitative estimate of drug-likeness (QED) is 0.765. The monoisotopic (exact) mass is 238 g/mol. The molecule has 2 aliphatic carbocycles. The van der Waals surface area contributed by atoms with Gasteiger partial charge < -0.3 is 10.2 Å². The second-order valence-corrected chi connectivity index (χ2v) is 6.78. The smallest absolute Gasteiger partial charge is 0.0156 e. The lowest BCUT2D eigenvalue weighted by Gasteiger charge is -2.33. The Kier molecular flexibility index (Phi) is 4.14. The van der Waals surface area contributed by atoms with E-state index in [-0.39, 0.29) is 0 Å². The number of rotatable bonds is 6. The van der Waals surface area contributed by atoms with Gasteiger partial charge >= 0.3 is 0 Å². The molecule has 100 valence electrons. The van der Waals surface area contributed by atoms with Gasteiger partial charge in [-0.15, -0.1) is 0 Å². The van der Waals surface area contributed by atoms with E-state index in [2.05, 4.69) is 38.0 Å². The molecule has 0 aromatic heterocycles. The minimum absolute atomic E-state index is 0.487. The molecule has 0 radical (unpaired) electrons. The summed E-state index contributed by atoms with van der Waals surface area (Å²) in [5, 5.41) is 3.58. The summed E-state index contributed by atoms with van der Waals surface area (Å²) in [5.74, 6) is 0.863. The highest BCUT2D eigenvalue weighted by Gasteiger charge is 2.42. The summed E-state index contributed by atoms with van der Waals surface area (Å²) < 4.78 is 0. The molecule has 2 heteroatoms. The van der Waals surface area contributed by atoms with E-state index >= 15 is 0 Å². The third-order valence-electron chi connectivity index (χ3n) is 4.83. The Balaban J connectivity index is 1.92. The predicted molar refractivity (Wildman–Crippen MR) is 74.2 cm³/mol. The van der Waals surface area contributed by atoms with Gasteiger partial charge in [0.25, 0.3) is 0 Å². The van der Waals surface area contributed by atoms with Crippen molar-refractivity contribution in [2.24, 2.45) is 11.3 Å². The third kappa shape index (κ3) is 3.03. The Bertz CT molecular complexity index is 245. The van der Waals surface area contributed by atoms with Crippen molar-refractivity contribution in [1.82, 2.24) is 10.2 Å². The zero-order valence-corrected chi connectivity index (χ0v) is 12.1. The van der Waals surface area contributed by atoms with E-state index in [1.807, 2.05) is 0 Å². The third-order valence-corrected chi connectivity index (χ3v) is 4.83. The maximum absolute atomic E-state index is 3.58. The van der Waals surface area contributed by atoms with E-state index in [9.17, 15) is 0 Å². The van der Waals surface area contributed by atoms with Crippen LogP contribution in [0.4, 0.5) is 0 Å².